The van der Waals surface area contributed by atoms with E-state index in [4.69, 9.17) is 0 Å². The Morgan fingerprint density at radius 3 is 2.28 bits per heavy atom. The third-order valence-corrected chi connectivity index (χ3v) is 6.50. The van der Waals surface area contributed by atoms with Crippen molar-refractivity contribution in [3.05, 3.63) is 68.4 Å². The lowest BCUT2D eigenvalue weighted by molar-refractivity contribution is -0.127. The molecule has 1 fully saturated rings. The zero-order chi connectivity index (χ0) is 21.0. The fourth-order valence-electron chi connectivity index (χ4n) is 4.25. The van der Waals surface area contributed by atoms with Crippen LogP contribution in [0, 0.1) is 11.7 Å². The number of alkyl halides is 1. The average molecular weight is 530 g/mol. The number of hydrogen-bond donors (Lipinski definition) is 2. The number of carbonyl (C=O) groups excluding carboxylic acids is 1. The van der Waals surface area contributed by atoms with Crippen molar-refractivity contribution in [2.24, 2.45) is 5.92 Å². The van der Waals surface area contributed by atoms with Gasteiger partial charge in [0.25, 0.3) is 0 Å². The number of carbonyl (C=O) groups is 1. The first-order chi connectivity index (χ1) is 13.8. The number of amides is 1. The fraction of sp³-hybridized carbons (Fsp3) is 0.409. The maximum atomic E-state index is 16.3. The number of benzene rings is 2. The van der Waals surface area contributed by atoms with Gasteiger partial charge in [-0.15, -0.1) is 0 Å². The van der Waals surface area contributed by atoms with Gasteiger partial charge >= 0.3 is 0 Å². The summed E-state index contributed by atoms with van der Waals surface area (Å²) in [4.78, 5) is 13.0. The van der Waals surface area contributed by atoms with Crippen LogP contribution in [0.5, 0.6) is 0 Å². The van der Waals surface area contributed by atoms with E-state index in [1.54, 1.807) is 19.2 Å². The lowest BCUT2D eigenvalue weighted by Crippen LogP contribution is -2.48. The van der Waals surface area contributed by atoms with E-state index in [-0.39, 0.29) is 11.7 Å². The molecule has 0 aromatic heterocycles. The minimum atomic E-state index is -1.55. The zero-order valence-corrected chi connectivity index (χ0v) is 19.3. The fourth-order valence-corrected chi connectivity index (χ4v) is 5.63. The monoisotopic (exact) mass is 528 g/mol. The van der Waals surface area contributed by atoms with Crippen molar-refractivity contribution in [1.29, 1.82) is 0 Å². The first-order valence-corrected chi connectivity index (χ1v) is 11.2. The van der Waals surface area contributed by atoms with Gasteiger partial charge in [0.05, 0.1) is 5.92 Å². The molecular formula is C22H24Br2F2N2O. The van der Waals surface area contributed by atoms with E-state index < -0.39 is 17.5 Å². The normalized spacial score (nSPS) is 18.1. The summed E-state index contributed by atoms with van der Waals surface area (Å²) in [5.41, 5.74) is 0.0201. The Balaban J connectivity index is 2.06. The molecule has 0 bridgehead atoms. The van der Waals surface area contributed by atoms with Crippen molar-refractivity contribution in [2.75, 3.05) is 20.1 Å². The number of nitrogens with one attached hydrogen (secondary N) is 2. The van der Waals surface area contributed by atoms with Gasteiger partial charge in [-0.05, 0) is 73.8 Å². The predicted octanol–water partition coefficient (Wildman–Crippen LogP) is 5.13. The van der Waals surface area contributed by atoms with E-state index in [0.29, 0.717) is 37.9 Å². The second-order valence-corrected chi connectivity index (χ2v) is 9.35. The molecule has 0 aliphatic carbocycles. The highest BCUT2D eigenvalue weighted by Crippen LogP contribution is 2.45. The van der Waals surface area contributed by atoms with Gasteiger partial charge in [0.2, 0.25) is 5.91 Å². The molecule has 1 aliphatic heterocycles. The molecule has 0 spiro atoms. The third kappa shape index (κ3) is 5.44. The van der Waals surface area contributed by atoms with Crippen LogP contribution >= 0.6 is 31.9 Å². The molecule has 1 saturated heterocycles. The van der Waals surface area contributed by atoms with Crippen molar-refractivity contribution < 1.29 is 13.6 Å². The van der Waals surface area contributed by atoms with Crippen LogP contribution in [0.2, 0.25) is 0 Å². The summed E-state index contributed by atoms with van der Waals surface area (Å²) in [6.07, 6.45) is 0.994. The van der Waals surface area contributed by atoms with Crippen LogP contribution in [0.15, 0.2) is 51.4 Å². The summed E-state index contributed by atoms with van der Waals surface area (Å²) in [6, 6.07) is 11.7. The zero-order valence-electron chi connectivity index (χ0n) is 16.2. The highest BCUT2D eigenvalue weighted by Gasteiger charge is 2.47. The minimum Gasteiger partial charge on any atom is -0.359 e. The summed E-state index contributed by atoms with van der Waals surface area (Å²) in [6.45, 7) is 1.11. The Morgan fingerprint density at radius 1 is 1.14 bits per heavy atom. The number of rotatable bonds is 6. The van der Waals surface area contributed by atoms with E-state index in [0.717, 1.165) is 14.5 Å². The predicted molar refractivity (Wildman–Crippen MR) is 118 cm³/mol. The second kappa shape index (κ2) is 9.67. The van der Waals surface area contributed by atoms with Gasteiger partial charge in [-0.3, -0.25) is 4.79 Å². The van der Waals surface area contributed by atoms with Gasteiger partial charge in [-0.25, -0.2) is 8.78 Å². The molecule has 0 saturated carbocycles. The first kappa shape index (κ1) is 22.4. The summed E-state index contributed by atoms with van der Waals surface area (Å²) < 4.78 is 31.6. The molecule has 0 radical (unpaired) electrons. The Morgan fingerprint density at radius 2 is 1.72 bits per heavy atom. The molecule has 2 aromatic carbocycles. The van der Waals surface area contributed by atoms with Crippen LogP contribution in [0.4, 0.5) is 8.78 Å². The molecule has 1 heterocycles. The topological polar surface area (TPSA) is 41.1 Å². The van der Waals surface area contributed by atoms with E-state index in [1.807, 2.05) is 18.2 Å². The van der Waals surface area contributed by atoms with Gasteiger partial charge in [0.15, 0.2) is 0 Å². The molecule has 156 valence electrons. The molecular weight excluding hydrogens is 506 g/mol. The summed E-state index contributed by atoms with van der Waals surface area (Å²) >= 11 is 6.96. The van der Waals surface area contributed by atoms with E-state index in [9.17, 15) is 9.18 Å². The molecule has 2 aromatic rings. The van der Waals surface area contributed by atoms with Gasteiger partial charge in [-0.1, -0.05) is 44.0 Å². The van der Waals surface area contributed by atoms with Crippen molar-refractivity contribution in [3.63, 3.8) is 0 Å². The summed E-state index contributed by atoms with van der Waals surface area (Å²) in [7, 11) is 1.57. The van der Waals surface area contributed by atoms with Crippen molar-refractivity contribution >= 4 is 37.8 Å². The Kier molecular flexibility index (Phi) is 7.46. The standard InChI is InChI=1S/C22H24Br2F2N2O/c1-27-21(29)19(12-14-10-16(23)13-17(24)11-14)20(15-2-4-18(25)5-3-15)22(26)6-8-28-9-7-22/h2-5,10-11,13,19-20,28H,6-9,12H2,1H3,(H,27,29). The number of halogens is 4. The first-order valence-electron chi connectivity index (χ1n) is 9.64. The minimum absolute atomic E-state index is 0.217. The smallest absolute Gasteiger partial charge is 0.223 e. The van der Waals surface area contributed by atoms with E-state index >= 15 is 4.39 Å². The molecule has 1 amide bonds. The van der Waals surface area contributed by atoms with Crippen LogP contribution < -0.4 is 10.6 Å². The maximum Gasteiger partial charge on any atom is 0.223 e. The van der Waals surface area contributed by atoms with E-state index in [2.05, 4.69) is 42.5 Å². The molecule has 7 heteroatoms. The Bertz CT molecular complexity index is 834. The largest absolute Gasteiger partial charge is 0.359 e. The van der Waals surface area contributed by atoms with Crippen LogP contribution in [0.25, 0.3) is 0 Å². The molecule has 3 rings (SSSR count). The number of hydrogen-bond acceptors (Lipinski definition) is 2. The Hall–Kier alpha value is -1.31. The Labute approximate surface area is 186 Å². The molecule has 1 aliphatic rings. The summed E-state index contributed by atoms with van der Waals surface area (Å²) in [5.74, 6) is -1.90. The molecule has 2 unspecified atom stereocenters. The SMILES string of the molecule is CNC(=O)C(Cc1cc(Br)cc(Br)c1)C(c1ccc(F)cc1)C1(F)CCNCC1. The maximum absolute atomic E-state index is 16.3. The van der Waals surface area contributed by atoms with Crippen LogP contribution in [0.1, 0.15) is 29.9 Å². The highest BCUT2D eigenvalue weighted by molar-refractivity contribution is 9.11. The summed E-state index contributed by atoms with van der Waals surface area (Å²) in [5, 5.41) is 5.90. The quantitative estimate of drug-likeness (QED) is 0.544. The molecule has 3 nitrogen and oxygen atoms in total. The van der Waals surface area contributed by atoms with Gasteiger partial charge in [0, 0.05) is 21.9 Å². The number of piperidine rings is 1. The lowest BCUT2D eigenvalue weighted by atomic mass is 9.69. The van der Waals surface area contributed by atoms with Gasteiger partial charge < -0.3 is 10.6 Å². The highest BCUT2D eigenvalue weighted by atomic mass is 79.9. The van der Waals surface area contributed by atoms with Crippen LogP contribution in [0.3, 0.4) is 0 Å². The van der Waals surface area contributed by atoms with E-state index in [1.165, 1.54) is 12.1 Å². The molecule has 2 N–H and O–H groups in total. The van der Waals surface area contributed by atoms with Crippen LogP contribution in [-0.4, -0.2) is 31.7 Å². The molecule has 29 heavy (non-hydrogen) atoms. The third-order valence-electron chi connectivity index (χ3n) is 5.58. The van der Waals surface area contributed by atoms with Crippen LogP contribution in [-0.2, 0) is 11.2 Å². The average Bonchev–Trinajstić information content (AvgIpc) is 2.68. The van der Waals surface area contributed by atoms with Crippen molar-refractivity contribution in [2.45, 2.75) is 30.8 Å². The van der Waals surface area contributed by atoms with Gasteiger partial charge in [0.1, 0.15) is 11.5 Å². The van der Waals surface area contributed by atoms with Gasteiger partial charge in [-0.2, -0.15) is 0 Å². The van der Waals surface area contributed by atoms with Crippen molar-refractivity contribution in [3.8, 4) is 0 Å². The molecule has 2 atom stereocenters. The second-order valence-electron chi connectivity index (χ2n) is 7.52. The van der Waals surface area contributed by atoms with Crippen molar-refractivity contribution in [1.82, 2.24) is 10.6 Å². The lowest BCUT2D eigenvalue weighted by Gasteiger charge is -2.41.